The molecule has 1 saturated heterocycles. The number of imidazole rings is 1. The number of aromatic nitrogens is 2. The quantitative estimate of drug-likeness (QED) is 0.620. The maximum Gasteiger partial charge on any atom is 0.223 e. The number of amides is 1. The Bertz CT molecular complexity index is 979. The van der Waals surface area contributed by atoms with E-state index in [-0.39, 0.29) is 11.8 Å². The highest BCUT2D eigenvalue weighted by Crippen LogP contribution is 2.32. The number of benzene rings is 2. The molecule has 1 aliphatic rings. The van der Waals surface area contributed by atoms with Gasteiger partial charge in [-0.3, -0.25) is 4.79 Å². The summed E-state index contributed by atoms with van der Waals surface area (Å²) in [4.78, 5) is 19.5. The summed E-state index contributed by atoms with van der Waals surface area (Å²) in [7, 11) is 1.70. The molecule has 3 aromatic rings. The van der Waals surface area contributed by atoms with E-state index in [9.17, 15) is 4.79 Å². The van der Waals surface area contributed by atoms with Gasteiger partial charge < -0.3 is 14.2 Å². The minimum absolute atomic E-state index is 0.131. The first-order chi connectivity index (χ1) is 13.7. The molecule has 5 nitrogen and oxygen atoms in total. The van der Waals surface area contributed by atoms with Crippen LogP contribution >= 0.6 is 0 Å². The molecule has 1 atom stereocenters. The third-order valence-electron chi connectivity index (χ3n) is 5.57. The molecule has 146 valence electrons. The molecule has 0 bridgehead atoms. The van der Waals surface area contributed by atoms with Gasteiger partial charge in [-0.25, -0.2) is 4.98 Å². The van der Waals surface area contributed by atoms with Crippen LogP contribution < -0.4 is 4.74 Å². The van der Waals surface area contributed by atoms with Gasteiger partial charge in [-0.1, -0.05) is 43.7 Å². The summed E-state index contributed by atoms with van der Waals surface area (Å²) in [6.07, 6.45) is 2.69. The molecule has 2 aromatic carbocycles. The van der Waals surface area contributed by atoms with Crippen LogP contribution in [-0.2, 0) is 11.3 Å². The maximum atomic E-state index is 12.5. The van der Waals surface area contributed by atoms with Gasteiger partial charge in [0.2, 0.25) is 5.91 Å². The number of methoxy groups -OCH3 is 1. The summed E-state index contributed by atoms with van der Waals surface area (Å²) in [6, 6.07) is 16.3. The lowest BCUT2D eigenvalue weighted by Crippen LogP contribution is -2.26. The molecule has 1 amide bonds. The van der Waals surface area contributed by atoms with Crippen LogP contribution in [-0.4, -0.2) is 40.6 Å². The Balaban J connectivity index is 1.71. The number of fused-ring (bicyclic) bond motifs is 1. The first-order valence-corrected chi connectivity index (χ1v) is 10.1. The maximum absolute atomic E-state index is 12.5. The predicted molar refractivity (Wildman–Crippen MR) is 111 cm³/mol. The SMILES string of the molecule is CCCCN1C[C@@H](c2nc3ccccc3n2Cc2ccccc2OC)CC1=O. The number of ether oxygens (including phenoxy) is 1. The highest BCUT2D eigenvalue weighted by molar-refractivity contribution is 5.81. The number of nitrogens with zero attached hydrogens (tertiary/aromatic N) is 3. The van der Waals surface area contributed by atoms with E-state index in [4.69, 9.17) is 9.72 Å². The average Bonchev–Trinajstić information content (AvgIpc) is 3.27. The van der Waals surface area contributed by atoms with Gasteiger partial charge in [0.15, 0.2) is 0 Å². The Morgan fingerprint density at radius 3 is 2.75 bits per heavy atom. The number of para-hydroxylation sites is 3. The molecule has 4 rings (SSSR count). The molecular weight excluding hydrogens is 350 g/mol. The molecule has 28 heavy (non-hydrogen) atoms. The zero-order valence-electron chi connectivity index (χ0n) is 16.6. The lowest BCUT2D eigenvalue weighted by atomic mass is 10.1. The van der Waals surface area contributed by atoms with Crippen LogP contribution in [0.2, 0.25) is 0 Å². The van der Waals surface area contributed by atoms with Gasteiger partial charge >= 0.3 is 0 Å². The van der Waals surface area contributed by atoms with Crippen molar-refractivity contribution in [3.8, 4) is 5.75 Å². The van der Waals surface area contributed by atoms with Crippen molar-refractivity contribution >= 4 is 16.9 Å². The zero-order valence-corrected chi connectivity index (χ0v) is 16.6. The lowest BCUT2D eigenvalue weighted by molar-refractivity contribution is -0.127. The van der Waals surface area contributed by atoms with Gasteiger partial charge in [0.25, 0.3) is 0 Å². The topological polar surface area (TPSA) is 47.4 Å². The van der Waals surface area contributed by atoms with E-state index in [2.05, 4.69) is 23.6 Å². The highest BCUT2D eigenvalue weighted by atomic mass is 16.5. The van der Waals surface area contributed by atoms with Gasteiger partial charge in [0.1, 0.15) is 11.6 Å². The summed E-state index contributed by atoms with van der Waals surface area (Å²) < 4.78 is 7.81. The molecule has 0 saturated carbocycles. The summed E-state index contributed by atoms with van der Waals surface area (Å²) in [5, 5.41) is 0. The number of likely N-dealkylation sites (tertiary alicyclic amines) is 1. The number of carbonyl (C=O) groups excluding carboxylic acids is 1. The normalized spacial score (nSPS) is 16.9. The second-order valence-electron chi connectivity index (χ2n) is 7.45. The summed E-state index contributed by atoms with van der Waals surface area (Å²) in [5.74, 6) is 2.25. The third-order valence-corrected chi connectivity index (χ3v) is 5.57. The summed E-state index contributed by atoms with van der Waals surface area (Å²) >= 11 is 0. The second-order valence-corrected chi connectivity index (χ2v) is 7.45. The van der Waals surface area contributed by atoms with Crippen LogP contribution in [0.25, 0.3) is 11.0 Å². The molecular formula is C23H27N3O2. The van der Waals surface area contributed by atoms with Crippen molar-refractivity contribution < 1.29 is 9.53 Å². The fraction of sp³-hybridized carbons (Fsp3) is 0.391. The van der Waals surface area contributed by atoms with Gasteiger partial charge in [0.05, 0.1) is 24.7 Å². The van der Waals surface area contributed by atoms with Crippen LogP contribution in [0, 0.1) is 0 Å². The van der Waals surface area contributed by atoms with E-state index in [1.165, 1.54) is 0 Å². The largest absolute Gasteiger partial charge is 0.496 e. The monoisotopic (exact) mass is 377 g/mol. The summed E-state index contributed by atoms with van der Waals surface area (Å²) in [6.45, 7) is 4.44. The Labute approximate surface area is 165 Å². The van der Waals surface area contributed by atoms with Crippen molar-refractivity contribution in [2.24, 2.45) is 0 Å². The molecule has 0 spiro atoms. The summed E-state index contributed by atoms with van der Waals surface area (Å²) in [5.41, 5.74) is 3.19. The molecule has 1 fully saturated rings. The van der Waals surface area contributed by atoms with E-state index in [0.717, 1.165) is 54.1 Å². The molecule has 0 unspecified atom stereocenters. The van der Waals surface area contributed by atoms with Crippen molar-refractivity contribution in [2.45, 2.75) is 38.6 Å². The third kappa shape index (κ3) is 3.49. The number of hydrogen-bond acceptors (Lipinski definition) is 3. The average molecular weight is 377 g/mol. The van der Waals surface area contributed by atoms with Crippen LogP contribution in [0.1, 0.15) is 43.5 Å². The molecule has 5 heteroatoms. The van der Waals surface area contributed by atoms with E-state index in [1.54, 1.807) is 7.11 Å². The molecule has 0 radical (unpaired) electrons. The smallest absolute Gasteiger partial charge is 0.223 e. The number of carbonyl (C=O) groups is 1. The Morgan fingerprint density at radius 2 is 1.93 bits per heavy atom. The minimum atomic E-state index is 0.131. The molecule has 0 N–H and O–H groups in total. The zero-order chi connectivity index (χ0) is 19.5. The van der Waals surface area contributed by atoms with Crippen molar-refractivity contribution in [3.05, 3.63) is 59.9 Å². The Kier molecular flexibility index (Phi) is 5.33. The highest BCUT2D eigenvalue weighted by Gasteiger charge is 2.33. The van der Waals surface area contributed by atoms with E-state index < -0.39 is 0 Å². The first kappa shape index (κ1) is 18.5. The predicted octanol–water partition coefficient (Wildman–Crippen LogP) is 4.21. The number of rotatable bonds is 7. The fourth-order valence-electron chi connectivity index (χ4n) is 4.09. The molecule has 1 aromatic heterocycles. The van der Waals surface area contributed by atoms with Crippen molar-refractivity contribution in [3.63, 3.8) is 0 Å². The van der Waals surface area contributed by atoms with Crippen molar-refractivity contribution in [1.29, 1.82) is 0 Å². The Morgan fingerprint density at radius 1 is 1.14 bits per heavy atom. The van der Waals surface area contributed by atoms with Gasteiger partial charge in [-0.2, -0.15) is 0 Å². The minimum Gasteiger partial charge on any atom is -0.496 e. The van der Waals surface area contributed by atoms with Crippen LogP contribution in [0.3, 0.4) is 0 Å². The van der Waals surface area contributed by atoms with Gasteiger partial charge in [-0.05, 0) is 24.6 Å². The second kappa shape index (κ2) is 8.05. The number of unbranched alkanes of at least 4 members (excludes halogenated alkanes) is 1. The molecule has 0 aliphatic carbocycles. The van der Waals surface area contributed by atoms with E-state index in [1.807, 2.05) is 41.3 Å². The Hall–Kier alpha value is -2.82. The molecule has 1 aliphatic heterocycles. The lowest BCUT2D eigenvalue weighted by Gasteiger charge is -2.17. The fourth-order valence-corrected chi connectivity index (χ4v) is 4.09. The van der Waals surface area contributed by atoms with Crippen molar-refractivity contribution in [1.82, 2.24) is 14.5 Å². The standard InChI is InChI=1S/C23H27N3O2/c1-3-4-13-25-15-18(14-22(25)27)23-24-19-10-6-7-11-20(19)26(23)16-17-9-5-8-12-21(17)28-2/h5-12,18H,3-4,13-16H2,1-2H3/t18-/m0/s1. The van der Waals surface area contributed by atoms with Crippen LogP contribution in [0.4, 0.5) is 0 Å². The van der Waals surface area contributed by atoms with Crippen molar-refractivity contribution in [2.75, 3.05) is 20.2 Å². The number of hydrogen-bond donors (Lipinski definition) is 0. The van der Waals surface area contributed by atoms with Gasteiger partial charge in [0, 0.05) is 31.0 Å². The first-order valence-electron chi connectivity index (χ1n) is 10.1. The molecule has 2 heterocycles. The van der Waals surface area contributed by atoms with Crippen LogP contribution in [0.5, 0.6) is 5.75 Å². The van der Waals surface area contributed by atoms with Crippen LogP contribution in [0.15, 0.2) is 48.5 Å². The van der Waals surface area contributed by atoms with E-state index >= 15 is 0 Å². The van der Waals surface area contributed by atoms with E-state index in [0.29, 0.717) is 13.0 Å². The van der Waals surface area contributed by atoms with Gasteiger partial charge in [-0.15, -0.1) is 0 Å².